The summed E-state index contributed by atoms with van der Waals surface area (Å²) in [5.41, 5.74) is 0.899. The Kier molecular flexibility index (Phi) is 5.39. The number of aromatic nitrogens is 4. The number of fused-ring (bicyclic) bond motifs is 1. The lowest BCUT2D eigenvalue weighted by molar-refractivity contribution is -0.152. The summed E-state index contributed by atoms with van der Waals surface area (Å²) in [6.45, 7) is 2.72. The number of carbonyl (C=O) groups excluding carboxylic acids is 2. The van der Waals surface area contributed by atoms with E-state index in [0.717, 1.165) is 0 Å². The number of imidazole rings is 1. The number of nitrogens with zero attached hydrogens (tertiary/aromatic N) is 4. The molecule has 0 saturated carbocycles. The van der Waals surface area contributed by atoms with Crippen molar-refractivity contribution in [3.8, 4) is 0 Å². The van der Waals surface area contributed by atoms with Crippen LogP contribution in [0.4, 0.5) is 0 Å². The Balaban J connectivity index is 1.92. The monoisotopic (exact) mass is 480 g/mol. The normalized spacial score (nSPS) is 23.0. The molecule has 1 aliphatic rings. The Morgan fingerprint density at radius 1 is 1.40 bits per heavy atom. The van der Waals surface area contributed by atoms with Gasteiger partial charge in [0.15, 0.2) is 20.9 Å². The average Bonchev–Trinajstić information content (AvgIpc) is 3.08. The van der Waals surface area contributed by atoms with E-state index < -0.39 is 30.4 Å². The van der Waals surface area contributed by atoms with Gasteiger partial charge in [0.05, 0.1) is 12.4 Å². The molecule has 25 heavy (non-hydrogen) atoms. The van der Waals surface area contributed by atoms with Crippen LogP contribution in [-0.4, -0.2) is 50.3 Å². The molecular formula is C14H14ClIN4O5. The molecule has 0 N–H and O–H groups in total. The first kappa shape index (κ1) is 18.3. The Morgan fingerprint density at radius 2 is 2.16 bits per heavy atom. The number of ether oxygens (including phenoxy) is 3. The number of hydrogen-bond donors (Lipinski definition) is 0. The van der Waals surface area contributed by atoms with Crippen LogP contribution in [0.3, 0.4) is 0 Å². The highest BCUT2D eigenvalue weighted by atomic mass is 127. The molecule has 3 heterocycles. The Labute approximate surface area is 161 Å². The second kappa shape index (κ2) is 7.38. The summed E-state index contributed by atoms with van der Waals surface area (Å²) in [7, 11) is 0. The van der Waals surface area contributed by atoms with Crippen LogP contribution in [0.2, 0.25) is 5.15 Å². The van der Waals surface area contributed by atoms with E-state index in [4.69, 9.17) is 25.8 Å². The number of hydrogen-bond acceptors (Lipinski definition) is 8. The summed E-state index contributed by atoms with van der Waals surface area (Å²) >= 11 is 8.05. The van der Waals surface area contributed by atoms with Crippen LogP contribution >= 0.6 is 34.2 Å². The number of esters is 2. The molecule has 1 unspecified atom stereocenters. The minimum absolute atomic E-state index is 0.0729. The van der Waals surface area contributed by atoms with Gasteiger partial charge < -0.3 is 14.2 Å². The van der Waals surface area contributed by atoms with Crippen LogP contribution in [-0.2, 0) is 23.8 Å². The molecule has 0 aromatic carbocycles. The fourth-order valence-corrected chi connectivity index (χ4v) is 3.47. The van der Waals surface area contributed by atoms with E-state index in [9.17, 15) is 9.59 Å². The molecule has 1 fully saturated rings. The highest BCUT2D eigenvalue weighted by molar-refractivity contribution is 14.1. The predicted molar refractivity (Wildman–Crippen MR) is 93.8 cm³/mol. The first-order valence-electron chi connectivity index (χ1n) is 7.36. The highest BCUT2D eigenvalue weighted by Gasteiger charge is 2.40. The molecule has 0 spiro atoms. The Bertz CT molecular complexity index is 829. The molecule has 0 radical (unpaired) electrons. The molecule has 0 amide bonds. The topological polar surface area (TPSA) is 105 Å². The highest BCUT2D eigenvalue weighted by Crippen LogP contribution is 2.34. The summed E-state index contributed by atoms with van der Waals surface area (Å²) < 4.78 is 18.4. The van der Waals surface area contributed by atoms with Crippen molar-refractivity contribution >= 4 is 57.3 Å². The van der Waals surface area contributed by atoms with Gasteiger partial charge in [-0.1, -0.05) is 11.6 Å². The molecule has 2 aromatic heterocycles. The third-order valence-electron chi connectivity index (χ3n) is 3.56. The van der Waals surface area contributed by atoms with E-state index in [1.54, 1.807) is 4.57 Å². The standard InChI is InChI=1S/C14H14ClIN4O5/c1-6(21)23-4-8-3-9(24-7(2)22)13(25-8)20-5-17-10-11(15)18-14(16)19-12(10)20/h5,8-9,13H,3-4H2,1-2H3/t8-,9?,13+/m0/s1. The minimum Gasteiger partial charge on any atom is -0.463 e. The lowest BCUT2D eigenvalue weighted by Gasteiger charge is -2.20. The Hall–Kier alpha value is -1.53. The summed E-state index contributed by atoms with van der Waals surface area (Å²) in [5.74, 6) is -0.836. The first-order chi connectivity index (χ1) is 11.8. The van der Waals surface area contributed by atoms with Crippen molar-refractivity contribution in [2.24, 2.45) is 0 Å². The minimum atomic E-state index is -0.656. The lowest BCUT2D eigenvalue weighted by atomic mass is 10.2. The summed E-state index contributed by atoms with van der Waals surface area (Å²) in [5, 5.41) is 0.228. The van der Waals surface area contributed by atoms with Crippen molar-refractivity contribution in [1.29, 1.82) is 0 Å². The number of halogens is 2. The van der Waals surface area contributed by atoms with Crippen LogP contribution in [0.5, 0.6) is 0 Å². The van der Waals surface area contributed by atoms with Crippen molar-refractivity contribution in [1.82, 2.24) is 19.5 Å². The van der Waals surface area contributed by atoms with Gasteiger partial charge in [-0.05, 0) is 0 Å². The summed E-state index contributed by atoms with van der Waals surface area (Å²) in [6, 6.07) is 0. The molecule has 2 aromatic rings. The van der Waals surface area contributed by atoms with Gasteiger partial charge in [0.25, 0.3) is 0 Å². The SMILES string of the molecule is CC(=O)OC[C@@H]1CC(OC(C)=O)[C@H](n2cnc3c(Cl)nc(I)nc32)O1. The van der Waals surface area contributed by atoms with Gasteiger partial charge in [0.1, 0.15) is 18.2 Å². The van der Waals surface area contributed by atoms with Gasteiger partial charge in [0, 0.05) is 42.9 Å². The second-order valence-corrected chi connectivity index (χ2v) is 6.77. The molecule has 0 aliphatic carbocycles. The molecule has 1 aliphatic heterocycles. The van der Waals surface area contributed by atoms with E-state index in [0.29, 0.717) is 21.4 Å². The van der Waals surface area contributed by atoms with Crippen molar-refractivity contribution in [2.45, 2.75) is 38.7 Å². The van der Waals surface area contributed by atoms with Gasteiger partial charge in [-0.3, -0.25) is 14.2 Å². The summed E-state index contributed by atoms with van der Waals surface area (Å²) in [6.07, 6.45) is 0.259. The largest absolute Gasteiger partial charge is 0.463 e. The average molecular weight is 481 g/mol. The molecule has 11 heteroatoms. The fraction of sp³-hybridized carbons (Fsp3) is 0.500. The third-order valence-corrected chi connectivity index (χ3v) is 4.31. The van der Waals surface area contributed by atoms with E-state index in [1.807, 2.05) is 22.6 Å². The third kappa shape index (κ3) is 4.01. The maximum atomic E-state index is 11.4. The quantitative estimate of drug-likeness (QED) is 0.283. The molecular weight excluding hydrogens is 467 g/mol. The fourth-order valence-electron chi connectivity index (χ4n) is 2.64. The van der Waals surface area contributed by atoms with Gasteiger partial charge in [0.2, 0.25) is 0 Å². The molecule has 0 bridgehead atoms. The van der Waals surface area contributed by atoms with Crippen molar-refractivity contribution in [3.63, 3.8) is 0 Å². The zero-order valence-electron chi connectivity index (χ0n) is 13.3. The van der Waals surface area contributed by atoms with E-state index in [2.05, 4.69) is 15.0 Å². The molecule has 9 nitrogen and oxygen atoms in total. The zero-order chi connectivity index (χ0) is 18.1. The number of rotatable bonds is 4. The zero-order valence-corrected chi connectivity index (χ0v) is 16.2. The second-order valence-electron chi connectivity index (χ2n) is 5.44. The number of carbonyl (C=O) groups is 2. The molecule has 1 saturated heterocycles. The van der Waals surface area contributed by atoms with Gasteiger partial charge in [-0.2, -0.15) is 0 Å². The summed E-state index contributed by atoms with van der Waals surface area (Å²) in [4.78, 5) is 35.0. The van der Waals surface area contributed by atoms with E-state index >= 15 is 0 Å². The van der Waals surface area contributed by atoms with Crippen molar-refractivity contribution in [2.75, 3.05) is 6.61 Å². The molecule has 134 valence electrons. The molecule has 3 rings (SSSR count). The van der Waals surface area contributed by atoms with Crippen LogP contribution in [0.1, 0.15) is 26.5 Å². The van der Waals surface area contributed by atoms with Crippen LogP contribution in [0.25, 0.3) is 11.2 Å². The van der Waals surface area contributed by atoms with Crippen LogP contribution in [0.15, 0.2) is 6.33 Å². The van der Waals surface area contributed by atoms with Gasteiger partial charge in [-0.25, -0.2) is 15.0 Å². The first-order valence-corrected chi connectivity index (χ1v) is 8.82. The maximum Gasteiger partial charge on any atom is 0.303 e. The lowest BCUT2D eigenvalue weighted by Crippen LogP contribution is -2.24. The predicted octanol–water partition coefficient (Wildman–Crippen LogP) is 1.87. The Morgan fingerprint density at radius 3 is 2.84 bits per heavy atom. The smallest absolute Gasteiger partial charge is 0.303 e. The van der Waals surface area contributed by atoms with Crippen molar-refractivity contribution < 1.29 is 23.8 Å². The van der Waals surface area contributed by atoms with Crippen molar-refractivity contribution in [3.05, 3.63) is 15.3 Å². The van der Waals surface area contributed by atoms with E-state index in [1.165, 1.54) is 20.2 Å². The van der Waals surface area contributed by atoms with E-state index in [-0.39, 0.29) is 11.8 Å². The van der Waals surface area contributed by atoms with Crippen LogP contribution < -0.4 is 0 Å². The molecule has 3 atom stereocenters. The van der Waals surface area contributed by atoms with Crippen LogP contribution in [0, 0.1) is 3.83 Å². The van der Waals surface area contributed by atoms with Gasteiger partial charge in [-0.15, -0.1) is 0 Å². The van der Waals surface area contributed by atoms with Gasteiger partial charge >= 0.3 is 11.9 Å². The maximum absolute atomic E-state index is 11.4.